The molecule has 1 aromatic carbocycles. The second-order valence-corrected chi connectivity index (χ2v) is 4.04. The summed E-state index contributed by atoms with van der Waals surface area (Å²) in [5, 5.41) is 0. The Morgan fingerprint density at radius 2 is 1.74 bits per heavy atom. The molecule has 0 saturated carbocycles. The van der Waals surface area contributed by atoms with Crippen LogP contribution in [0.2, 0.25) is 0 Å². The van der Waals surface area contributed by atoms with Crippen LogP contribution in [0.15, 0.2) is 18.2 Å². The second kappa shape index (κ2) is 7.61. The van der Waals surface area contributed by atoms with Crippen LogP contribution < -0.4 is 0 Å². The van der Waals surface area contributed by atoms with E-state index in [4.69, 9.17) is 0 Å². The Labute approximate surface area is 110 Å². The van der Waals surface area contributed by atoms with E-state index in [1.807, 2.05) is 0 Å². The highest BCUT2D eigenvalue weighted by Crippen LogP contribution is 2.14. The lowest BCUT2D eigenvalue weighted by molar-refractivity contribution is -0.144. The van der Waals surface area contributed by atoms with Crippen LogP contribution in [0.3, 0.4) is 0 Å². The van der Waals surface area contributed by atoms with Gasteiger partial charge in [-0.25, -0.2) is 8.78 Å². The third-order valence-electron chi connectivity index (χ3n) is 2.63. The molecule has 0 aromatic heterocycles. The number of benzene rings is 1. The lowest BCUT2D eigenvalue weighted by atomic mass is 10.0. The first-order chi connectivity index (χ1) is 9.04. The first-order valence-corrected chi connectivity index (χ1v) is 6.14. The third-order valence-corrected chi connectivity index (χ3v) is 2.63. The summed E-state index contributed by atoms with van der Waals surface area (Å²) in [7, 11) is 0. The molecule has 0 aliphatic rings. The van der Waals surface area contributed by atoms with Gasteiger partial charge in [0.15, 0.2) is 0 Å². The van der Waals surface area contributed by atoms with Crippen molar-refractivity contribution in [3.05, 3.63) is 35.4 Å². The van der Waals surface area contributed by atoms with Gasteiger partial charge in [0.25, 0.3) is 0 Å². The van der Waals surface area contributed by atoms with Crippen molar-refractivity contribution < 1.29 is 23.1 Å². The Balaban J connectivity index is 2.40. The van der Waals surface area contributed by atoms with Crippen molar-refractivity contribution in [3.8, 4) is 0 Å². The van der Waals surface area contributed by atoms with Crippen molar-refractivity contribution in [3.63, 3.8) is 0 Å². The van der Waals surface area contributed by atoms with Crippen LogP contribution >= 0.6 is 0 Å². The van der Waals surface area contributed by atoms with E-state index in [9.17, 15) is 18.4 Å². The minimum absolute atomic E-state index is 0.000164. The number of carbonyl (C=O) groups is 2. The predicted molar refractivity (Wildman–Crippen MR) is 65.6 cm³/mol. The molecule has 0 bridgehead atoms. The van der Waals surface area contributed by atoms with Crippen LogP contribution in [0, 0.1) is 11.6 Å². The van der Waals surface area contributed by atoms with Gasteiger partial charge in [-0.3, -0.25) is 9.59 Å². The maximum absolute atomic E-state index is 13.3. The largest absolute Gasteiger partial charge is 0.466 e. The molecule has 0 saturated heterocycles. The smallest absolute Gasteiger partial charge is 0.306 e. The summed E-state index contributed by atoms with van der Waals surface area (Å²) in [5.74, 6) is -1.96. The van der Waals surface area contributed by atoms with Gasteiger partial charge in [-0.2, -0.15) is 0 Å². The molecule has 5 heteroatoms. The van der Waals surface area contributed by atoms with Gasteiger partial charge in [0.2, 0.25) is 0 Å². The molecule has 0 heterocycles. The van der Waals surface area contributed by atoms with Crippen molar-refractivity contribution in [2.45, 2.75) is 32.6 Å². The van der Waals surface area contributed by atoms with E-state index in [2.05, 4.69) is 4.74 Å². The Bertz CT molecular complexity index is 438. The summed E-state index contributed by atoms with van der Waals surface area (Å²) in [6.07, 6.45) is 0.0543. The number of ketones is 1. The van der Waals surface area contributed by atoms with Gasteiger partial charge in [0.1, 0.15) is 17.4 Å². The molecule has 0 aliphatic carbocycles. The van der Waals surface area contributed by atoms with Crippen LogP contribution in [0.1, 0.15) is 31.7 Å². The topological polar surface area (TPSA) is 43.4 Å². The third kappa shape index (κ3) is 5.16. The molecule has 0 fully saturated rings. The fourth-order valence-corrected chi connectivity index (χ4v) is 1.64. The molecule has 19 heavy (non-hydrogen) atoms. The van der Waals surface area contributed by atoms with Crippen LogP contribution in [-0.2, 0) is 20.7 Å². The zero-order valence-electron chi connectivity index (χ0n) is 10.7. The molecule has 0 unspecified atom stereocenters. The van der Waals surface area contributed by atoms with E-state index in [1.54, 1.807) is 6.92 Å². The van der Waals surface area contributed by atoms with Gasteiger partial charge in [-0.15, -0.1) is 0 Å². The van der Waals surface area contributed by atoms with E-state index in [-0.39, 0.29) is 43.6 Å². The van der Waals surface area contributed by atoms with Crippen molar-refractivity contribution in [1.29, 1.82) is 0 Å². The van der Waals surface area contributed by atoms with Gasteiger partial charge in [-0.1, -0.05) is 6.07 Å². The lowest BCUT2D eigenvalue weighted by Gasteiger charge is -2.04. The SMILES string of the molecule is CCOC(=O)CCC(=O)CCc1c(F)cccc1F. The molecular formula is C14H16F2O3. The number of Topliss-reactive ketones (excluding diaryl/α,β-unsaturated/α-hetero) is 1. The van der Waals surface area contributed by atoms with Gasteiger partial charge < -0.3 is 4.74 Å². The quantitative estimate of drug-likeness (QED) is 0.715. The average Bonchev–Trinajstić information content (AvgIpc) is 2.36. The first kappa shape index (κ1) is 15.3. The maximum atomic E-state index is 13.3. The Morgan fingerprint density at radius 3 is 2.32 bits per heavy atom. The van der Waals surface area contributed by atoms with Gasteiger partial charge in [-0.05, 0) is 25.5 Å². The Kier molecular flexibility index (Phi) is 6.12. The molecule has 0 spiro atoms. The van der Waals surface area contributed by atoms with Gasteiger partial charge in [0, 0.05) is 18.4 Å². The lowest BCUT2D eigenvalue weighted by Crippen LogP contribution is -2.09. The normalized spacial score (nSPS) is 10.3. The number of hydrogen-bond donors (Lipinski definition) is 0. The van der Waals surface area contributed by atoms with E-state index in [0.29, 0.717) is 0 Å². The van der Waals surface area contributed by atoms with Crippen molar-refractivity contribution in [1.82, 2.24) is 0 Å². The fourth-order valence-electron chi connectivity index (χ4n) is 1.64. The minimum Gasteiger partial charge on any atom is -0.466 e. The van der Waals surface area contributed by atoms with Gasteiger partial charge >= 0.3 is 5.97 Å². The summed E-state index contributed by atoms with van der Waals surface area (Å²) < 4.78 is 31.3. The van der Waals surface area contributed by atoms with Crippen LogP contribution in [0.25, 0.3) is 0 Å². The minimum atomic E-state index is -0.654. The van der Waals surface area contributed by atoms with Crippen LogP contribution in [0.4, 0.5) is 8.78 Å². The Hall–Kier alpha value is -1.78. The average molecular weight is 270 g/mol. The summed E-state index contributed by atoms with van der Waals surface area (Å²) >= 11 is 0. The number of hydrogen-bond acceptors (Lipinski definition) is 3. The number of halogens is 2. The van der Waals surface area contributed by atoms with E-state index in [1.165, 1.54) is 6.07 Å². The van der Waals surface area contributed by atoms with E-state index < -0.39 is 17.6 Å². The molecule has 0 amide bonds. The monoisotopic (exact) mass is 270 g/mol. The number of rotatable bonds is 7. The molecular weight excluding hydrogens is 254 g/mol. The predicted octanol–water partition coefficient (Wildman–Crippen LogP) is 2.81. The number of esters is 1. The maximum Gasteiger partial charge on any atom is 0.306 e. The molecule has 0 radical (unpaired) electrons. The highest BCUT2D eigenvalue weighted by molar-refractivity contribution is 5.83. The molecule has 0 N–H and O–H groups in total. The van der Waals surface area contributed by atoms with Crippen molar-refractivity contribution in [2.24, 2.45) is 0 Å². The number of carbonyl (C=O) groups excluding carboxylic acids is 2. The number of ether oxygens (including phenoxy) is 1. The molecule has 3 nitrogen and oxygen atoms in total. The van der Waals surface area contributed by atoms with Crippen molar-refractivity contribution >= 4 is 11.8 Å². The Morgan fingerprint density at radius 1 is 1.11 bits per heavy atom. The van der Waals surface area contributed by atoms with Crippen LogP contribution in [-0.4, -0.2) is 18.4 Å². The summed E-state index contributed by atoms with van der Waals surface area (Å²) in [5.41, 5.74) is -0.0908. The fraction of sp³-hybridized carbons (Fsp3) is 0.429. The zero-order chi connectivity index (χ0) is 14.3. The molecule has 1 aromatic rings. The summed E-state index contributed by atoms with van der Waals surface area (Å²) in [6, 6.07) is 3.58. The highest BCUT2D eigenvalue weighted by atomic mass is 19.1. The summed E-state index contributed by atoms with van der Waals surface area (Å²) in [4.78, 5) is 22.5. The van der Waals surface area contributed by atoms with E-state index >= 15 is 0 Å². The highest BCUT2D eigenvalue weighted by Gasteiger charge is 2.12. The first-order valence-electron chi connectivity index (χ1n) is 6.14. The van der Waals surface area contributed by atoms with E-state index in [0.717, 1.165) is 12.1 Å². The molecule has 0 atom stereocenters. The second-order valence-electron chi connectivity index (χ2n) is 4.04. The standard InChI is InChI=1S/C14H16F2O3/c1-2-19-14(18)9-7-10(17)6-8-11-12(15)4-3-5-13(11)16/h3-5H,2,6-9H2,1H3. The summed E-state index contributed by atoms with van der Waals surface area (Å²) in [6.45, 7) is 1.95. The zero-order valence-corrected chi connectivity index (χ0v) is 10.7. The van der Waals surface area contributed by atoms with Gasteiger partial charge in [0.05, 0.1) is 13.0 Å². The van der Waals surface area contributed by atoms with Crippen LogP contribution in [0.5, 0.6) is 0 Å². The molecule has 0 aliphatic heterocycles. The van der Waals surface area contributed by atoms with Crippen molar-refractivity contribution in [2.75, 3.05) is 6.61 Å². The molecule has 1 rings (SSSR count). The molecule has 104 valence electrons.